The van der Waals surface area contributed by atoms with Gasteiger partial charge in [-0.25, -0.2) is 0 Å². The molecule has 1 amide bonds. The van der Waals surface area contributed by atoms with E-state index in [1.165, 1.54) is 7.05 Å². The van der Waals surface area contributed by atoms with E-state index in [1.54, 1.807) is 6.92 Å². The van der Waals surface area contributed by atoms with E-state index in [9.17, 15) is 14.4 Å². The van der Waals surface area contributed by atoms with Crippen LogP contribution in [-0.4, -0.2) is 24.5 Å². The van der Waals surface area contributed by atoms with E-state index in [-0.39, 0.29) is 12.8 Å². The minimum absolute atomic E-state index is 0.163. The Morgan fingerprint density at radius 1 is 1.18 bits per heavy atom. The summed E-state index contributed by atoms with van der Waals surface area (Å²) in [4.78, 5) is 31.9. The third kappa shape index (κ3) is 3.50. The standard InChI is InChI=1S/C7H11NO3/c1-3-5(9)6(10)4-7(11)8-2/h3-4H2,1-2H3,(H,8,11). The molecule has 0 aromatic carbocycles. The summed E-state index contributed by atoms with van der Waals surface area (Å²) in [5.74, 6) is -1.53. The van der Waals surface area contributed by atoms with Crippen molar-refractivity contribution in [3.05, 3.63) is 0 Å². The second-order valence-corrected chi connectivity index (χ2v) is 2.05. The third-order valence-corrected chi connectivity index (χ3v) is 1.23. The van der Waals surface area contributed by atoms with Crippen molar-refractivity contribution >= 4 is 17.5 Å². The quantitative estimate of drug-likeness (QED) is 0.449. The minimum atomic E-state index is -0.619. The predicted molar refractivity (Wildman–Crippen MR) is 39.0 cm³/mol. The molecule has 0 aromatic rings. The van der Waals surface area contributed by atoms with Crippen LogP contribution in [0, 0.1) is 0 Å². The number of carbonyl (C=O) groups is 3. The predicted octanol–water partition coefficient (Wildman–Crippen LogP) is -0.329. The van der Waals surface area contributed by atoms with Gasteiger partial charge in [-0.15, -0.1) is 0 Å². The largest absolute Gasteiger partial charge is 0.359 e. The molecule has 0 atom stereocenters. The van der Waals surface area contributed by atoms with E-state index in [0.717, 1.165) is 0 Å². The van der Waals surface area contributed by atoms with Gasteiger partial charge in [-0.05, 0) is 0 Å². The summed E-state index contributed by atoms with van der Waals surface area (Å²) < 4.78 is 0. The van der Waals surface area contributed by atoms with Crippen LogP contribution in [0.3, 0.4) is 0 Å². The molecule has 4 heteroatoms. The second kappa shape index (κ2) is 4.60. The number of carbonyl (C=O) groups excluding carboxylic acids is 3. The lowest BCUT2D eigenvalue weighted by Gasteiger charge is -1.95. The SMILES string of the molecule is CCC(=O)C(=O)CC(=O)NC. The minimum Gasteiger partial charge on any atom is -0.359 e. The molecule has 0 aliphatic carbocycles. The first kappa shape index (κ1) is 9.81. The van der Waals surface area contributed by atoms with Gasteiger partial charge in [0.25, 0.3) is 0 Å². The van der Waals surface area contributed by atoms with E-state index in [2.05, 4.69) is 5.32 Å². The van der Waals surface area contributed by atoms with Crippen LogP contribution in [0.4, 0.5) is 0 Å². The van der Waals surface area contributed by atoms with Gasteiger partial charge in [0.05, 0.1) is 6.42 Å². The van der Waals surface area contributed by atoms with Gasteiger partial charge in [0, 0.05) is 13.5 Å². The lowest BCUT2D eigenvalue weighted by Crippen LogP contribution is -2.25. The maximum Gasteiger partial charge on any atom is 0.227 e. The van der Waals surface area contributed by atoms with Crippen molar-refractivity contribution in [3.63, 3.8) is 0 Å². The molecule has 11 heavy (non-hydrogen) atoms. The highest BCUT2D eigenvalue weighted by molar-refractivity contribution is 6.40. The Balaban J connectivity index is 3.88. The van der Waals surface area contributed by atoms with Crippen molar-refractivity contribution in [1.82, 2.24) is 5.32 Å². The average Bonchev–Trinajstić information content (AvgIpc) is 2.02. The summed E-state index contributed by atoms with van der Waals surface area (Å²) in [7, 11) is 1.42. The summed E-state index contributed by atoms with van der Waals surface area (Å²) in [5.41, 5.74) is 0. The smallest absolute Gasteiger partial charge is 0.227 e. The van der Waals surface area contributed by atoms with Gasteiger partial charge in [0.1, 0.15) is 0 Å². The van der Waals surface area contributed by atoms with E-state index in [4.69, 9.17) is 0 Å². The van der Waals surface area contributed by atoms with Gasteiger partial charge < -0.3 is 5.32 Å². The zero-order valence-corrected chi connectivity index (χ0v) is 6.64. The normalized spacial score (nSPS) is 8.91. The molecule has 0 aromatic heterocycles. The fourth-order valence-electron chi connectivity index (χ4n) is 0.530. The van der Waals surface area contributed by atoms with E-state index < -0.39 is 17.5 Å². The third-order valence-electron chi connectivity index (χ3n) is 1.23. The fraction of sp³-hybridized carbons (Fsp3) is 0.571. The molecule has 4 nitrogen and oxygen atoms in total. The Hall–Kier alpha value is -1.19. The van der Waals surface area contributed by atoms with Gasteiger partial charge in [0.2, 0.25) is 11.7 Å². The molecular formula is C7H11NO3. The first-order valence-corrected chi connectivity index (χ1v) is 3.38. The number of rotatable bonds is 4. The van der Waals surface area contributed by atoms with Gasteiger partial charge in [-0.1, -0.05) is 6.92 Å². The van der Waals surface area contributed by atoms with Gasteiger partial charge >= 0.3 is 0 Å². The average molecular weight is 157 g/mol. The molecule has 0 saturated carbocycles. The Morgan fingerprint density at radius 2 is 1.73 bits per heavy atom. The highest BCUT2D eigenvalue weighted by atomic mass is 16.2. The molecule has 0 unspecified atom stereocenters. The number of ketones is 2. The molecule has 0 saturated heterocycles. The highest BCUT2D eigenvalue weighted by Gasteiger charge is 2.14. The molecule has 0 radical (unpaired) electrons. The number of hydrogen-bond donors (Lipinski definition) is 1. The molecule has 0 fully saturated rings. The zero-order valence-electron chi connectivity index (χ0n) is 6.64. The van der Waals surface area contributed by atoms with Crippen LogP contribution in [-0.2, 0) is 14.4 Å². The number of amides is 1. The van der Waals surface area contributed by atoms with Crippen molar-refractivity contribution in [2.24, 2.45) is 0 Å². The number of nitrogens with one attached hydrogen (secondary N) is 1. The lowest BCUT2D eigenvalue weighted by atomic mass is 10.1. The molecule has 0 aliphatic rings. The monoisotopic (exact) mass is 157 g/mol. The fourth-order valence-corrected chi connectivity index (χ4v) is 0.530. The Morgan fingerprint density at radius 3 is 2.09 bits per heavy atom. The number of hydrogen-bond acceptors (Lipinski definition) is 3. The van der Waals surface area contributed by atoms with Crippen molar-refractivity contribution in [2.75, 3.05) is 7.05 Å². The topological polar surface area (TPSA) is 63.2 Å². The highest BCUT2D eigenvalue weighted by Crippen LogP contribution is 1.89. The van der Waals surface area contributed by atoms with Gasteiger partial charge in [0.15, 0.2) is 5.78 Å². The molecule has 1 N–H and O–H groups in total. The maximum absolute atomic E-state index is 10.7. The van der Waals surface area contributed by atoms with Crippen molar-refractivity contribution in [2.45, 2.75) is 19.8 Å². The van der Waals surface area contributed by atoms with Crippen LogP contribution in [0.2, 0.25) is 0 Å². The lowest BCUT2D eigenvalue weighted by molar-refractivity contribution is -0.139. The van der Waals surface area contributed by atoms with E-state index in [1.807, 2.05) is 0 Å². The van der Waals surface area contributed by atoms with Gasteiger partial charge in [-0.3, -0.25) is 14.4 Å². The summed E-state index contributed by atoms with van der Waals surface area (Å²) in [6.45, 7) is 1.59. The van der Waals surface area contributed by atoms with E-state index in [0.29, 0.717) is 0 Å². The first-order chi connectivity index (χ1) is 5.11. The molecule has 0 aliphatic heterocycles. The van der Waals surface area contributed by atoms with Crippen LogP contribution in [0.1, 0.15) is 19.8 Å². The second-order valence-electron chi connectivity index (χ2n) is 2.05. The van der Waals surface area contributed by atoms with Crippen molar-refractivity contribution < 1.29 is 14.4 Å². The molecule has 62 valence electrons. The molecule has 0 rings (SSSR count). The van der Waals surface area contributed by atoms with Crippen LogP contribution in [0.25, 0.3) is 0 Å². The Bertz CT molecular complexity index is 186. The number of Topliss-reactive ketones (excluding diaryl/α,β-unsaturated/α-hetero) is 2. The molecule has 0 bridgehead atoms. The van der Waals surface area contributed by atoms with E-state index >= 15 is 0 Å². The molecule has 0 spiro atoms. The molecular weight excluding hydrogens is 146 g/mol. The van der Waals surface area contributed by atoms with Gasteiger partial charge in [-0.2, -0.15) is 0 Å². The summed E-state index contributed by atoms with van der Waals surface area (Å²) in [6.07, 6.45) is -0.168. The van der Waals surface area contributed by atoms with Crippen LogP contribution >= 0.6 is 0 Å². The summed E-state index contributed by atoms with van der Waals surface area (Å²) in [6, 6.07) is 0. The molecule has 0 heterocycles. The van der Waals surface area contributed by atoms with Crippen LogP contribution < -0.4 is 5.32 Å². The summed E-state index contributed by atoms with van der Waals surface area (Å²) >= 11 is 0. The zero-order chi connectivity index (χ0) is 8.85. The Labute approximate surface area is 65.0 Å². The Kier molecular flexibility index (Phi) is 4.10. The maximum atomic E-state index is 10.7. The van der Waals surface area contributed by atoms with Crippen molar-refractivity contribution in [3.8, 4) is 0 Å². The van der Waals surface area contributed by atoms with Crippen LogP contribution in [0.5, 0.6) is 0 Å². The summed E-state index contributed by atoms with van der Waals surface area (Å²) in [5, 5.41) is 2.26. The first-order valence-electron chi connectivity index (χ1n) is 3.38. The van der Waals surface area contributed by atoms with Crippen LogP contribution in [0.15, 0.2) is 0 Å². The van der Waals surface area contributed by atoms with Crippen molar-refractivity contribution in [1.29, 1.82) is 0 Å².